The highest BCUT2D eigenvalue weighted by molar-refractivity contribution is 14.1. The van der Waals surface area contributed by atoms with E-state index in [0.29, 0.717) is 6.42 Å². The van der Waals surface area contributed by atoms with Crippen molar-refractivity contribution in [3.8, 4) is 0 Å². The number of benzene rings is 1. The summed E-state index contributed by atoms with van der Waals surface area (Å²) in [6.07, 6.45) is 2.46. The quantitative estimate of drug-likeness (QED) is 0.612. The lowest BCUT2D eigenvalue weighted by Crippen LogP contribution is -1.90. The number of rotatable bonds is 3. The first-order valence-corrected chi connectivity index (χ1v) is 5.00. The molecule has 1 aromatic rings. The molecule has 0 fully saturated rings. The minimum Gasteiger partial charge on any atom is -0.303 e. The summed E-state index contributed by atoms with van der Waals surface area (Å²) in [4.78, 5) is 10.2. The van der Waals surface area contributed by atoms with Crippen LogP contribution in [0.15, 0.2) is 18.2 Å². The lowest BCUT2D eigenvalue weighted by molar-refractivity contribution is -0.107. The van der Waals surface area contributed by atoms with Crippen LogP contribution in [0.4, 0.5) is 0 Å². The molecule has 0 aromatic heterocycles. The van der Waals surface area contributed by atoms with Crippen LogP contribution in [0.1, 0.15) is 17.5 Å². The summed E-state index contributed by atoms with van der Waals surface area (Å²) in [6.45, 7) is 2.08. The van der Waals surface area contributed by atoms with E-state index in [1.165, 1.54) is 14.7 Å². The zero-order chi connectivity index (χ0) is 8.97. The van der Waals surface area contributed by atoms with Gasteiger partial charge in [0.25, 0.3) is 0 Å². The number of carbonyl (C=O) groups excluding carboxylic acids is 1. The average Bonchev–Trinajstić information content (AvgIpc) is 2.03. The molecule has 0 aliphatic rings. The minimum atomic E-state index is 0.624. The third kappa shape index (κ3) is 2.59. The SMILES string of the molecule is Cc1ccc(CCC=O)c(I)c1. The standard InChI is InChI=1S/C10H11IO/c1-8-4-5-9(3-2-6-12)10(11)7-8/h4-7H,2-3H2,1H3. The van der Waals surface area contributed by atoms with Gasteiger partial charge in [0.2, 0.25) is 0 Å². The number of carbonyl (C=O) groups is 1. The zero-order valence-electron chi connectivity index (χ0n) is 7.01. The van der Waals surface area contributed by atoms with Crippen molar-refractivity contribution in [1.82, 2.24) is 0 Å². The summed E-state index contributed by atoms with van der Waals surface area (Å²) in [5.74, 6) is 0. The largest absolute Gasteiger partial charge is 0.303 e. The molecule has 0 N–H and O–H groups in total. The molecule has 2 heteroatoms. The molecule has 0 saturated heterocycles. The molecule has 0 aliphatic heterocycles. The van der Waals surface area contributed by atoms with Crippen molar-refractivity contribution in [3.05, 3.63) is 32.9 Å². The van der Waals surface area contributed by atoms with E-state index in [2.05, 4.69) is 47.7 Å². The van der Waals surface area contributed by atoms with E-state index in [-0.39, 0.29) is 0 Å². The second-order valence-electron chi connectivity index (χ2n) is 2.80. The lowest BCUT2D eigenvalue weighted by Gasteiger charge is -2.02. The van der Waals surface area contributed by atoms with Crippen LogP contribution in [0.5, 0.6) is 0 Å². The number of halogens is 1. The van der Waals surface area contributed by atoms with Gasteiger partial charge in [-0.15, -0.1) is 0 Å². The van der Waals surface area contributed by atoms with Crippen LogP contribution in [0.2, 0.25) is 0 Å². The van der Waals surface area contributed by atoms with Crippen molar-refractivity contribution in [2.45, 2.75) is 19.8 Å². The summed E-state index contributed by atoms with van der Waals surface area (Å²) < 4.78 is 1.26. The first kappa shape index (κ1) is 9.71. The Morgan fingerprint density at radius 3 is 2.83 bits per heavy atom. The van der Waals surface area contributed by atoms with Crippen molar-refractivity contribution >= 4 is 28.9 Å². The zero-order valence-corrected chi connectivity index (χ0v) is 9.17. The van der Waals surface area contributed by atoms with Gasteiger partial charge >= 0.3 is 0 Å². The van der Waals surface area contributed by atoms with E-state index in [1.807, 2.05) is 0 Å². The first-order valence-electron chi connectivity index (χ1n) is 3.92. The van der Waals surface area contributed by atoms with E-state index in [4.69, 9.17) is 0 Å². The van der Waals surface area contributed by atoms with Gasteiger partial charge in [-0.1, -0.05) is 17.7 Å². The molecule has 0 atom stereocenters. The molecule has 0 heterocycles. The Hall–Kier alpha value is -0.380. The van der Waals surface area contributed by atoms with Crippen LogP contribution in [0.3, 0.4) is 0 Å². The number of aldehydes is 1. The summed E-state index contributed by atoms with van der Waals surface area (Å²) in [5, 5.41) is 0. The molecule has 0 radical (unpaired) electrons. The Balaban J connectivity index is 2.78. The van der Waals surface area contributed by atoms with Crippen LogP contribution in [0.25, 0.3) is 0 Å². The maximum atomic E-state index is 10.2. The van der Waals surface area contributed by atoms with Gasteiger partial charge in [0, 0.05) is 9.99 Å². The molecule has 1 nitrogen and oxygen atoms in total. The molecular weight excluding hydrogens is 263 g/mol. The normalized spacial score (nSPS) is 9.83. The van der Waals surface area contributed by atoms with Crippen molar-refractivity contribution in [2.75, 3.05) is 0 Å². The monoisotopic (exact) mass is 274 g/mol. The molecule has 0 spiro atoms. The van der Waals surface area contributed by atoms with Gasteiger partial charge in [-0.25, -0.2) is 0 Å². The predicted molar refractivity (Wildman–Crippen MR) is 58.3 cm³/mol. The third-order valence-corrected chi connectivity index (χ3v) is 2.74. The first-order chi connectivity index (χ1) is 5.74. The Morgan fingerprint density at radius 1 is 1.50 bits per heavy atom. The van der Waals surface area contributed by atoms with Crippen molar-refractivity contribution in [3.63, 3.8) is 0 Å². The highest BCUT2D eigenvalue weighted by atomic mass is 127. The highest BCUT2D eigenvalue weighted by Gasteiger charge is 1.98. The van der Waals surface area contributed by atoms with Crippen LogP contribution < -0.4 is 0 Å². The highest BCUT2D eigenvalue weighted by Crippen LogP contribution is 2.15. The summed E-state index contributed by atoms with van der Waals surface area (Å²) in [6, 6.07) is 6.32. The molecule has 0 saturated carbocycles. The van der Waals surface area contributed by atoms with Crippen molar-refractivity contribution in [2.24, 2.45) is 0 Å². The molecule has 1 rings (SSSR count). The van der Waals surface area contributed by atoms with E-state index in [0.717, 1.165) is 12.7 Å². The van der Waals surface area contributed by atoms with Crippen LogP contribution in [0, 0.1) is 10.5 Å². The smallest absolute Gasteiger partial charge is 0.120 e. The Bertz CT molecular complexity index is 281. The Kier molecular flexibility index (Phi) is 3.72. The van der Waals surface area contributed by atoms with Gasteiger partial charge in [0.1, 0.15) is 6.29 Å². The maximum Gasteiger partial charge on any atom is 0.120 e. The van der Waals surface area contributed by atoms with Crippen molar-refractivity contribution in [1.29, 1.82) is 0 Å². The van der Waals surface area contributed by atoms with Crippen LogP contribution in [-0.2, 0) is 11.2 Å². The topological polar surface area (TPSA) is 17.1 Å². The predicted octanol–water partition coefficient (Wildman–Crippen LogP) is 2.73. The molecule has 0 amide bonds. The summed E-state index contributed by atoms with van der Waals surface area (Å²) in [7, 11) is 0. The molecule has 64 valence electrons. The average molecular weight is 274 g/mol. The number of hydrogen-bond acceptors (Lipinski definition) is 1. The minimum absolute atomic E-state index is 0.624. The van der Waals surface area contributed by atoms with E-state index >= 15 is 0 Å². The van der Waals surface area contributed by atoms with Crippen molar-refractivity contribution < 1.29 is 4.79 Å². The summed E-state index contributed by atoms with van der Waals surface area (Å²) >= 11 is 2.31. The Morgan fingerprint density at radius 2 is 2.25 bits per heavy atom. The van der Waals surface area contributed by atoms with Gasteiger partial charge in [-0.3, -0.25) is 0 Å². The van der Waals surface area contributed by atoms with Gasteiger partial charge in [0.15, 0.2) is 0 Å². The molecule has 0 unspecified atom stereocenters. The van der Waals surface area contributed by atoms with E-state index in [9.17, 15) is 4.79 Å². The van der Waals surface area contributed by atoms with Gasteiger partial charge < -0.3 is 4.79 Å². The van der Waals surface area contributed by atoms with Gasteiger partial charge in [0.05, 0.1) is 0 Å². The van der Waals surface area contributed by atoms with Gasteiger partial charge in [-0.05, 0) is 47.6 Å². The third-order valence-electron chi connectivity index (χ3n) is 1.74. The molecular formula is C10H11IO. The fraction of sp³-hybridized carbons (Fsp3) is 0.300. The fourth-order valence-corrected chi connectivity index (χ4v) is 2.01. The van der Waals surface area contributed by atoms with E-state index in [1.54, 1.807) is 0 Å². The lowest BCUT2D eigenvalue weighted by atomic mass is 10.1. The number of aryl methyl sites for hydroxylation is 2. The molecule has 12 heavy (non-hydrogen) atoms. The molecule has 0 bridgehead atoms. The second kappa shape index (κ2) is 4.60. The number of hydrogen-bond donors (Lipinski definition) is 0. The maximum absolute atomic E-state index is 10.2. The van der Waals surface area contributed by atoms with Crippen LogP contribution in [-0.4, -0.2) is 6.29 Å². The van der Waals surface area contributed by atoms with E-state index < -0.39 is 0 Å². The Labute approximate surface area is 86.3 Å². The summed E-state index contributed by atoms with van der Waals surface area (Å²) in [5.41, 5.74) is 2.54. The molecule has 0 aliphatic carbocycles. The second-order valence-corrected chi connectivity index (χ2v) is 3.96. The fourth-order valence-electron chi connectivity index (χ4n) is 1.07. The molecule has 1 aromatic carbocycles. The van der Waals surface area contributed by atoms with Crippen LogP contribution >= 0.6 is 22.6 Å². The van der Waals surface area contributed by atoms with Gasteiger partial charge in [-0.2, -0.15) is 0 Å².